The van der Waals surface area contributed by atoms with Gasteiger partial charge >= 0.3 is 0 Å². The highest BCUT2D eigenvalue weighted by atomic mass is 16.3. The fourth-order valence-corrected chi connectivity index (χ4v) is 2.06. The molecule has 0 fully saturated rings. The topological polar surface area (TPSA) is 82.1 Å². The first-order chi connectivity index (χ1) is 9.93. The molecule has 1 aromatic carbocycles. The molecule has 0 atom stereocenters. The zero-order valence-corrected chi connectivity index (χ0v) is 12.7. The highest BCUT2D eigenvalue weighted by molar-refractivity contribution is 6.04. The lowest BCUT2D eigenvalue weighted by atomic mass is 10.1. The molecule has 6 heteroatoms. The number of aromatic amines is 1. The molecule has 1 aromatic heterocycles. The molecule has 112 valence electrons. The summed E-state index contributed by atoms with van der Waals surface area (Å²) >= 11 is 0. The fourth-order valence-electron chi connectivity index (χ4n) is 2.06. The third kappa shape index (κ3) is 3.04. The first-order valence-corrected chi connectivity index (χ1v) is 6.97. The van der Waals surface area contributed by atoms with Crippen LogP contribution in [0.4, 0.5) is 5.69 Å². The number of rotatable bonds is 4. The second-order valence-corrected chi connectivity index (χ2v) is 5.22. The summed E-state index contributed by atoms with van der Waals surface area (Å²) < 4.78 is 0. The second kappa shape index (κ2) is 5.95. The number of phenolic OH excluding ortho intramolecular Hbond substituents is 1. The van der Waals surface area contributed by atoms with Gasteiger partial charge in [-0.15, -0.1) is 5.10 Å². The molecule has 21 heavy (non-hydrogen) atoms. The monoisotopic (exact) mass is 288 g/mol. The van der Waals surface area contributed by atoms with Gasteiger partial charge in [-0.05, 0) is 25.5 Å². The number of aromatic nitrogens is 3. The Morgan fingerprint density at radius 2 is 2.14 bits per heavy atom. The number of anilines is 1. The van der Waals surface area contributed by atoms with Crippen molar-refractivity contribution < 1.29 is 9.90 Å². The first-order valence-electron chi connectivity index (χ1n) is 6.97. The summed E-state index contributed by atoms with van der Waals surface area (Å²) in [6.07, 6.45) is 0. The Balaban J connectivity index is 2.35. The SMILES string of the molecule is CCN(C(=O)c1n[nH]c(C(C)C)n1)c1cc(O)ccc1C. The standard InChI is InChI=1S/C15H20N4O2/c1-5-19(12-8-11(20)7-6-10(12)4)15(21)14-16-13(9(2)3)17-18-14/h6-9,20H,5H2,1-4H3,(H,16,17,18). The van der Waals surface area contributed by atoms with Crippen LogP contribution in [0.25, 0.3) is 0 Å². The predicted octanol–water partition coefficient (Wildman–Crippen LogP) is 2.61. The lowest BCUT2D eigenvalue weighted by Crippen LogP contribution is -2.32. The van der Waals surface area contributed by atoms with Crippen molar-refractivity contribution in [2.75, 3.05) is 11.4 Å². The molecule has 2 rings (SSSR count). The molecule has 0 unspecified atom stereocenters. The van der Waals surface area contributed by atoms with Crippen LogP contribution in [-0.2, 0) is 0 Å². The number of hydrogen-bond acceptors (Lipinski definition) is 4. The van der Waals surface area contributed by atoms with E-state index in [0.717, 1.165) is 5.56 Å². The van der Waals surface area contributed by atoms with Gasteiger partial charge in [0.05, 0.1) is 5.69 Å². The van der Waals surface area contributed by atoms with Crippen molar-refractivity contribution in [3.63, 3.8) is 0 Å². The lowest BCUT2D eigenvalue weighted by Gasteiger charge is -2.21. The quantitative estimate of drug-likeness (QED) is 0.906. The van der Waals surface area contributed by atoms with Crippen LogP contribution in [-0.4, -0.2) is 32.7 Å². The molecule has 0 saturated heterocycles. The summed E-state index contributed by atoms with van der Waals surface area (Å²) in [6.45, 7) is 8.19. The van der Waals surface area contributed by atoms with E-state index in [4.69, 9.17) is 0 Å². The molecule has 2 N–H and O–H groups in total. The van der Waals surface area contributed by atoms with Gasteiger partial charge in [0.1, 0.15) is 11.6 Å². The normalized spacial score (nSPS) is 10.9. The van der Waals surface area contributed by atoms with Crippen LogP contribution in [0.2, 0.25) is 0 Å². The number of amides is 1. The number of H-pyrrole nitrogens is 1. The van der Waals surface area contributed by atoms with E-state index in [1.54, 1.807) is 23.1 Å². The molecule has 0 bridgehead atoms. The highest BCUT2D eigenvalue weighted by Crippen LogP contribution is 2.26. The molecule has 2 aromatic rings. The van der Waals surface area contributed by atoms with Crippen molar-refractivity contribution in [2.24, 2.45) is 0 Å². The molecule has 0 aliphatic rings. The summed E-state index contributed by atoms with van der Waals surface area (Å²) in [7, 11) is 0. The van der Waals surface area contributed by atoms with Crippen LogP contribution in [0.15, 0.2) is 18.2 Å². The van der Waals surface area contributed by atoms with Crippen LogP contribution in [0.3, 0.4) is 0 Å². The van der Waals surface area contributed by atoms with Crippen molar-refractivity contribution in [3.05, 3.63) is 35.4 Å². The third-order valence-electron chi connectivity index (χ3n) is 3.29. The maximum absolute atomic E-state index is 12.6. The first kappa shape index (κ1) is 15.0. The van der Waals surface area contributed by atoms with Gasteiger partial charge in [0.25, 0.3) is 5.91 Å². The van der Waals surface area contributed by atoms with E-state index >= 15 is 0 Å². The number of aryl methyl sites for hydroxylation is 1. The lowest BCUT2D eigenvalue weighted by molar-refractivity contribution is 0.0978. The number of aromatic hydroxyl groups is 1. The molecular weight excluding hydrogens is 268 g/mol. The number of hydrogen-bond donors (Lipinski definition) is 2. The van der Waals surface area contributed by atoms with Gasteiger partial charge in [-0.25, -0.2) is 4.98 Å². The minimum Gasteiger partial charge on any atom is -0.508 e. The Hall–Kier alpha value is -2.37. The Morgan fingerprint density at radius 1 is 1.43 bits per heavy atom. The fraction of sp³-hybridized carbons (Fsp3) is 0.400. The summed E-state index contributed by atoms with van der Waals surface area (Å²) in [5.74, 6) is 0.844. The van der Waals surface area contributed by atoms with Crippen molar-refractivity contribution in [1.82, 2.24) is 15.2 Å². The molecule has 1 heterocycles. The molecule has 0 spiro atoms. The second-order valence-electron chi connectivity index (χ2n) is 5.22. The van der Waals surface area contributed by atoms with Gasteiger partial charge in [-0.2, -0.15) is 0 Å². The van der Waals surface area contributed by atoms with E-state index in [0.29, 0.717) is 18.1 Å². The molecule has 6 nitrogen and oxygen atoms in total. The van der Waals surface area contributed by atoms with Gasteiger partial charge in [-0.3, -0.25) is 9.89 Å². The minimum absolute atomic E-state index is 0.125. The number of nitrogens with one attached hydrogen (secondary N) is 1. The molecule has 1 amide bonds. The van der Waals surface area contributed by atoms with Crippen LogP contribution >= 0.6 is 0 Å². The Kier molecular flexibility index (Phi) is 4.26. The Labute approximate surface area is 123 Å². The summed E-state index contributed by atoms with van der Waals surface area (Å²) in [5, 5.41) is 16.4. The third-order valence-corrected chi connectivity index (χ3v) is 3.29. The summed E-state index contributed by atoms with van der Waals surface area (Å²) in [6, 6.07) is 4.95. The smallest absolute Gasteiger partial charge is 0.297 e. The van der Waals surface area contributed by atoms with E-state index in [1.165, 1.54) is 0 Å². The van der Waals surface area contributed by atoms with Crippen molar-refractivity contribution in [1.29, 1.82) is 0 Å². The average Bonchev–Trinajstić information content (AvgIpc) is 2.93. The van der Waals surface area contributed by atoms with Crippen molar-refractivity contribution >= 4 is 11.6 Å². The Bertz CT molecular complexity index is 649. The molecule has 0 saturated carbocycles. The number of phenols is 1. The Morgan fingerprint density at radius 3 is 2.71 bits per heavy atom. The van der Waals surface area contributed by atoms with Crippen molar-refractivity contribution in [2.45, 2.75) is 33.6 Å². The zero-order chi connectivity index (χ0) is 15.6. The zero-order valence-electron chi connectivity index (χ0n) is 12.7. The van der Waals surface area contributed by atoms with Gasteiger partial charge in [0.2, 0.25) is 5.82 Å². The highest BCUT2D eigenvalue weighted by Gasteiger charge is 2.22. The molecular formula is C15H20N4O2. The molecule has 0 aliphatic heterocycles. The van der Waals surface area contributed by atoms with Crippen molar-refractivity contribution in [3.8, 4) is 5.75 Å². The van der Waals surface area contributed by atoms with Gasteiger partial charge < -0.3 is 10.0 Å². The minimum atomic E-state index is -0.283. The largest absolute Gasteiger partial charge is 0.508 e. The van der Waals surface area contributed by atoms with Gasteiger partial charge in [0, 0.05) is 18.5 Å². The number of benzene rings is 1. The van der Waals surface area contributed by atoms with Gasteiger partial charge in [-0.1, -0.05) is 19.9 Å². The average molecular weight is 288 g/mol. The summed E-state index contributed by atoms with van der Waals surface area (Å²) in [4.78, 5) is 18.4. The predicted molar refractivity (Wildman–Crippen MR) is 80.7 cm³/mol. The maximum Gasteiger partial charge on any atom is 0.297 e. The van der Waals surface area contributed by atoms with E-state index < -0.39 is 0 Å². The van der Waals surface area contributed by atoms with E-state index in [1.807, 2.05) is 27.7 Å². The number of nitrogens with zero attached hydrogens (tertiary/aromatic N) is 3. The maximum atomic E-state index is 12.6. The number of carbonyl (C=O) groups is 1. The molecule has 0 radical (unpaired) electrons. The van der Waals surface area contributed by atoms with Crippen LogP contribution in [0.5, 0.6) is 5.75 Å². The summed E-state index contributed by atoms with van der Waals surface area (Å²) in [5.41, 5.74) is 1.57. The van der Waals surface area contributed by atoms with E-state index in [-0.39, 0.29) is 23.4 Å². The van der Waals surface area contributed by atoms with E-state index in [9.17, 15) is 9.90 Å². The van der Waals surface area contributed by atoms with Crippen LogP contribution in [0.1, 0.15) is 48.7 Å². The van der Waals surface area contributed by atoms with E-state index in [2.05, 4.69) is 15.2 Å². The van der Waals surface area contributed by atoms with Crippen LogP contribution in [0, 0.1) is 6.92 Å². The molecule has 0 aliphatic carbocycles. The number of carbonyl (C=O) groups excluding carboxylic acids is 1. The van der Waals surface area contributed by atoms with Crippen LogP contribution < -0.4 is 4.90 Å². The van der Waals surface area contributed by atoms with Gasteiger partial charge in [0.15, 0.2) is 0 Å².